The summed E-state index contributed by atoms with van der Waals surface area (Å²) in [5.41, 5.74) is 1.88. The Morgan fingerprint density at radius 2 is 1.95 bits per heavy atom. The minimum absolute atomic E-state index is 0.285. The molecule has 0 fully saturated rings. The van der Waals surface area contributed by atoms with Gasteiger partial charge in [0.25, 0.3) is 5.56 Å². The SMILES string of the molecule is COc1ccc(-c2cc(-n3ccnc3)cc(=O)n2N)cc1. The monoisotopic (exact) mass is 282 g/mol. The van der Waals surface area contributed by atoms with E-state index in [4.69, 9.17) is 10.6 Å². The van der Waals surface area contributed by atoms with Crippen molar-refractivity contribution in [1.29, 1.82) is 0 Å². The lowest BCUT2D eigenvalue weighted by atomic mass is 10.1. The molecule has 0 bridgehead atoms. The van der Waals surface area contributed by atoms with Crippen molar-refractivity contribution < 1.29 is 4.74 Å². The van der Waals surface area contributed by atoms with Gasteiger partial charge in [0, 0.05) is 24.0 Å². The molecule has 1 aromatic carbocycles. The number of imidazole rings is 1. The fourth-order valence-electron chi connectivity index (χ4n) is 2.11. The zero-order chi connectivity index (χ0) is 14.8. The normalized spacial score (nSPS) is 10.5. The molecule has 0 amide bonds. The Morgan fingerprint density at radius 3 is 2.57 bits per heavy atom. The maximum absolute atomic E-state index is 12.0. The second kappa shape index (κ2) is 5.16. The van der Waals surface area contributed by atoms with Crippen molar-refractivity contribution in [3.05, 3.63) is 65.5 Å². The third kappa shape index (κ3) is 2.38. The molecule has 6 heteroatoms. The van der Waals surface area contributed by atoms with Crippen molar-refractivity contribution in [1.82, 2.24) is 14.2 Å². The highest BCUT2D eigenvalue weighted by Gasteiger charge is 2.08. The van der Waals surface area contributed by atoms with Crippen LogP contribution in [0.3, 0.4) is 0 Å². The van der Waals surface area contributed by atoms with Gasteiger partial charge >= 0.3 is 0 Å². The van der Waals surface area contributed by atoms with Gasteiger partial charge in [-0.1, -0.05) is 0 Å². The summed E-state index contributed by atoms with van der Waals surface area (Å²) in [5.74, 6) is 6.60. The molecule has 2 heterocycles. The average molecular weight is 282 g/mol. The first-order valence-corrected chi connectivity index (χ1v) is 6.34. The third-order valence-electron chi connectivity index (χ3n) is 3.24. The van der Waals surface area contributed by atoms with Crippen LogP contribution in [0.15, 0.2) is 59.9 Å². The first kappa shape index (κ1) is 13.0. The number of hydrogen-bond donors (Lipinski definition) is 1. The zero-order valence-corrected chi connectivity index (χ0v) is 11.4. The van der Waals surface area contributed by atoms with Crippen LogP contribution >= 0.6 is 0 Å². The van der Waals surface area contributed by atoms with E-state index in [1.165, 1.54) is 6.07 Å². The molecule has 0 spiro atoms. The van der Waals surface area contributed by atoms with Gasteiger partial charge in [0.2, 0.25) is 0 Å². The quantitative estimate of drug-likeness (QED) is 0.737. The second-order valence-corrected chi connectivity index (χ2v) is 4.51. The van der Waals surface area contributed by atoms with Gasteiger partial charge in [-0.25, -0.2) is 9.66 Å². The number of benzene rings is 1. The van der Waals surface area contributed by atoms with E-state index in [1.54, 1.807) is 30.4 Å². The lowest BCUT2D eigenvalue weighted by Crippen LogP contribution is -2.28. The molecule has 0 aliphatic carbocycles. The van der Waals surface area contributed by atoms with Gasteiger partial charge in [-0.2, -0.15) is 0 Å². The number of nitrogen functional groups attached to an aromatic ring is 1. The van der Waals surface area contributed by atoms with E-state index in [0.717, 1.165) is 16.0 Å². The van der Waals surface area contributed by atoms with Crippen molar-refractivity contribution in [2.75, 3.05) is 13.0 Å². The topological polar surface area (TPSA) is 75.1 Å². The molecule has 21 heavy (non-hydrogen) atoms. The van der Waals surface area contributed by atoms with Crippen molar-refractivity contribution in [2.24, 2.45) is 0 Å². The summed E-state index contributed by atoms with van der Waals surface area (Å²) in [6.45, 7) is 0. The summed E-state index contributed by atoms with van der Waals surface area (Å²) < 4.78 is 8.02. The van der Waals surface area contributed by atoms with Gasteiger partial charge in [0.1, 0.15) is 5.75 Å². The summed E-state index contributed by atoms with van der Waals surface area (Å²) in [6.07, 6.45) is 5.06. The Bertz CT molecular complexity index is 805. The number of nitrogens with zero attached hydrogens (tertiary/aromatic N) is 3. The minimum Gasteiger partial charge on any atom is -0.497 e. The Kier molecular flexibility index (Phi) is 3.19. The van der Waals surface area contributed by atoms with Crippen LogP contribution in [-0.2, 0) is 0 Å². The Balaban J connectivity index is 2.14. The lowest BCUT2D eigenvalue weighted by molar-refractivity contribution is 0.415. The minimum atomic E-state index is -0.285. The molecule has 0 saturated carbocycles. The molecule has 3 rings (SSSR count). The summed E-state index contributed by atoms with van der Waals surface area (Å²) in [4.78, 5) is 16.0. The first-order chi connectivity index (χ1) is 10.2. The molecule has 0 unspecified atom stereocenters. The molecule has 0 saturated heterocycles. The fraction of sp³-hybridized carbons (Fsp3) is 0.0667. The number of aromatic nitrogens is 3. The smallest absolute Gasteiger partial charge is 0.271 e. The van der Waals surface area contributed by atoms with E-state index >= 15 is 0 Å². The van der Waals surface area contributed by atoms with Crippen LogP contribution < -0.4 is 16.1 Å². The molecular formula is C15H14N4O2. The van der Waals surface area contributed by atoms with E-state index in [2.05, 4.69) is 4.98 Å². The molecule has 0 radical (unpaired) electrons. The van der Waals surface area contributed by atoms with Crippen LogP contribution in [0.2, 0.25) is 0 Å². The molecule has 106 valence electrons. The molecule has 3 aromatic rings. The number of pyridine rings is 1. The maximum Gasteiger partial charge on any atom is 0.271 e. The maximum atomic E-state index is 12.0. The third-order valence-corrected chi connectivity index (χ3v) is 3.24. The molecule has 0 atom stereocenters. The Hall–Kier alpha value is -3.02. The van der Waals surface area contributed by atoms with Crippen LogP contribution in [0.1, 0.15) is 0 Å². The zero-order valence-electron chi connectivity index (χ0n) is 11.4. The van der Waals surface area contributed by atoms with Gasteiger partial charge in [0.05, 0.1) is 24.8 Å². The highest BCUT2D eigenvalue weighted by Crippen LogP contribution is 2.22. The highest BCUT2D eigenvalue weighted by atomic mass is 16.5. The predicted molar refractivity (Wildman–Crippen MR) is 80.0 cm³/mol. The van der Waals surface area contributed by atoms with E-state index in [9.17, 15) is 4.79 Å². The number of rotatable bonds is 3. The van der Waals surface area contributed by atoms with Gasteiger partial charge in [0.15, 0.2) is 0 Å². The lowest BCUT2D eigenvalue weighted by Gasteiger charge is -2.11. The standard InChI is InChI=1S/C15H14N4O2/c1-21-13-4-2-11(3-5-13)14-8-12(9-15(20)19(14)16)18-7-6-17-10-18/h2-10H,16H2,1H3. The van der Waals surface area contributed by atoms with E-state index < -0.39 is 0 Å². The Labute approximate surface area is 121 Å². The molecule has 2 aromatic heterocycles. The molecule has 2 N–H and O–H groups in total. The van der Waals surface area contributed by atoms with E-state index in [-0.39, 0.29) is 5.56 Å². The van der Waals surface area contributed by atoms with E-state index in [1.807, 2.05) is 30.3 Å². The van der Waals surface area contributed by atoms with Crippen molar-refractivity contribution >= 4 is 0 Å². The van der Waals surface area contributed by atoms with Gasteiger partial charge in [-0.05, 0) is 30.3 Å². The van der Waals surface area contributed by atoms with Crippen LogP contribution in [-0.4, -0.2) is 21.3 Å². The van der Waals surface area contributed by atoms with Crippen molar-refractivity contribution in [3.8, 4) is 22.7 Å². The van der Waals surface area contributed by atoms with E-state index in [0.29, 0.717) is 11.4 Å². The van der Waals surface area contributed by atoms with Gasteiger partial charge in [-0.15, -0.1) is 0 Å². The fourth-order valence-corrected chi connectivity index (χ4v) is 2.11. The van der Waals surface area contributed by atoms with Crippen LogP contribution in [0.4, 0.5) is 0 Å². The van der Waals surface area contributed by atoms with Crippen LogP contribution in [0.25, 0.3) is 16.9 Å². The molecule has 0 aliphatic heterocycles. The average Bonchev–Trinajstić information content (AvgIpc) is 3.04. The van der Waals surface area contributed by atoms with Crippen molar-refractivity contribution in [2.45, 2.75) is 0 Å². The number of methoxy groups -OCH3 is 1. The number of hydrogen-bond acceptors (Lipinski definition) is 4. The Morgan fingerprint density at radius 1 is 1.19 bits per heavy atom. The van der Waals surface area contributed by atoms with Gasteiger partial charge in [-0.3, -0.25) is 4.79 Å². The van der Waals surface area contributed by atoms with Crippen LogP contribution in [0.5, 0.6) is 5.75 Å². The molecule has 0 aliphatic rings. The summed E-state index contributed by atoms with van der Waals surface area (Å²) >= 11 is 0. The highest BCUT2D eigenvalue weighted by molar-refractivity contribution is 5.63. The number of ether oxygens (including phenoxy) is 1. The summed E-state index contributed by atoms with van der Waals surface area (Å²) in [6, 6.07) is 10.7. The largest absolute Gasteiger partial charge is 0.497 e. The van der Waals surface area contributed by atoms with Crippen LogP contribution in [0, 0.1) is 0 Å². The van der Waals surface area contributed by atoms with Crippen molar-refractivity contribution in [3.63, 3.8) is 0 Å². The summed E-state index contributed by atoms with van der Waals surface area (Å²) in [5, 5.41) is 0. The first-order valence-electron chi connectivity index (χ1n) is 6.34. The number of nitrogens with two attached hydrogens (primary N) is 1. The second-order valence-electron chi connectivity index (χ2n) is 4.51. The van der Waals surface area contributed by atoms with Gasteiger partial charge < -0.3 is 15.1 Å². The summed E-state index contributed by atoms with van der Waals surface area (Å²) in [7, 11) is 1.60. The molecular weight excluding hydrogens is 268 g/mol. The predicted octanol–water partition coefficient (Wildman–Crippen LogP) is 1.42. The molecule has 6 nitrogen and oxygen atoms in total.